The number of piperazine rings is 1. The van der Waals surface area contributed by atoms with Gasteiger partial charge in [0.1, 0.15) is 0 Å². The monoisotopic (exact) mass is 285 g/mol. The maximum Gasteiger partial charge on any atom is 0.409 e. The van der Waals surface area contributed by atoms with Crippen LogP contribution < -0.4 is 5.73 Å². The molecule has 0 radical (unpaired) electrons. The van der Waals surface area contributed by atoms with E-state index in [4.69, 9.17) is 10.5 Å². The molecule has 2 N–H and O–H groups in total. The average Bonchev–Trinajstić information content (AvgIpc) is 2.44. The van der Waals surface area contributed by atoms with Crippen molar-refractivity contribution in [3.8, 4) is 0 Å². The van der Waals surface area contributed by atoms with Crippen LogP contribution in [0.15, 0.2) is 0 Å². The Kier molecular flexibility index (Phi) is 6.78. The van der Waals surface area contributed by atoms with E-state index in [1.165, 1.54) is 0 Å². The highest BCUT2D eigenvalue weighted by Crippen LogP contribution is 2.15. The van der Waals surface area contributed by atoms with Gasteiger partial charge in [-0.2, -0.15) is 0 Å². The van der Waals surface area contributed by atoms with Crippen LogP contribution in [0, 0.1) is 11.8 Å². The quantitative estimate of drug-likeness (QED) is 0.814. The van der Waals surface area contributed by atoms with Gasteiger partial charge in [0.05, 0.1) is 12.5 Å². The van der Waals surface area contributed by atoms with Crippen LogP contribution >= 0.6 is 0 Å². The first-order valence-corrected chi connectivity index (χ1v) is 7.40. The zero-order chi connectivity index (χ0) is 15.1. The lowest BCUT2D eigenvalue weighted by Gasteiger charge is -2.36. The smallest absolute Gasteiger partial charge is 0.409 e. The van der Waals surface area contributed by atoms with Crippen LogP contribution in [0.25, 0.3) is 0 Å². The normalized spacial score (nSPS) is 17.2. The van der Waals surface area contributed by atoms with Crippen LogP contribution in [0.1, 0.15) is 27.2 Å². The van der Waals surface area contributed by atoms with Gasteiger partial charge in [-0.05, 0) is 19.3 Å². The molecule has 0 aromatic rings. The summed E-state index contributed by atoms with van der Waals surface area (Å²) in [7, 11) is 0. The van der Waals surface area contributed by atoms with Crippen molar-refractivity contribution < 1.29 is 14.3 Å². The standard InChI is InChI=1S/C14H27N3O3/c1-4-20-14(19)17-7-5-16(6-8-17)13(18)12(10-15)9-11(2)3/h11-12H,4-10,15H2,1-3H3. The fourth-order valence-electron chi connectivity index (χ4n) is 2.45. The summed E-state index contributed by atoms with van der Waals surface area (Å²) in [5, 5.41) is 0. The van der Waals surface area contributed by atoms with E-state index in [1.807, 2.05) is 4.90 Å². The predicted molar refractivity (Wildman–Crippen MR) is 77.2 cm³/mol. The third kappa shape index (κ3) is 4.67. The van der Waals surface area contributed by atoms with E-state index in [-0.39, 0.29) is 17.9 Å². The second-order valence-corrected chi connectivity index (χ2v) is 5.57. The SMILES string of the molecule is CCOC(=O)N1CCN(C(=O)C(CN)CC(C)C)CC1. The molecule has 0 aliphatic carbocycles. The number of carbonyl (C=O) groups excluding carboxylic acids is 2. The topological polar surface area (TPSA) is 75.9 Å². The summed E-state index contributed by atoms with van der Waals surface area (Å²) >= 11 is 0. The van der Waals surface area contributed by atoms with Crippen molar-refractivity contribution in [3.63, 3.8) is 0 Å². The van der Waals surface area contributed by atoms with E-state index in [1.54, 1.807) is 11.8 Å². The molecular formula is C14H27N3O3. The molecule has 1 fully saturated rings. The lowest BCUT2D eigenvalue weighted by Crippen LogP contribution is -2.52. The van der Waals surface area contributed by atoms with Gasteiger partial charge in [-0.25, -0.2) is 4.79 Å². The largest absolute Gasteiger partial charge is 0.450 e. The second-order valence-electron chi connectivity index (χ2n) is 5.57. The van der Waals surface area contributed by atoms with E-state index < -0.39 is 0 Å². The zero-order valence-electron chi connectivity index (χ0n) is 12.8. The van der Waals surface area contributed by atoms with Crippen LogP contribution in [-0.4, -0.2) is 61.1 Å². The van der Waals surface area contributed by atoms with Gasteiger partial charge in [0.15, 0.2) is 0 Å². The Morgan fingerprint density at radius 1 is 1.15 bits per heavy atom. The highest BCUT2D eigenvalue weighted by Gasteiger charge is 2.28. The van der Waals surface area contributed by atoms with Gasteiger partial charge in [-0.3, -0.25) is 4.79 Å². The highest BCUT2D eigenvalue weighted by atomic mass is 16.6. The molecule has 1 aliphatic heterocycles. The molecule has 1 aliphatic rings. The Hall–Kier alpha value is -1.30. The minimum atomic E-state index is -0.294. The van der Waals surface area contributed by atoms with Gasteiger partial charge < -0.3 is 20.3 Å². The van der Waals surface area contributed by atoms with E-state index in [9.17, 15) is 9.59 Å². The highest BCUT2D eigenvalue weighted by molar-refractivity contribution is 5.79. The third-order valence-corrected chi connectivity index (χ3v) is 3.51. The van der Waals surface area contributed by atoms with Crippen LogP contribution in [0.3, 0.4) is 0 Å². The average molecular weight is 285 g/mol. The molecule has 20 heavy (non-hydrogen) atoms. The lowest BCUT2D eigenvalue weighted by atomic mass is 9.95. The van der Waals surface area contributed by atoms with E-state index in [0.717, 1.165) is 6.42 Å². The Bertz CT molecular complexity index is 326. The van der Waals surface area contributed by atoms with Crippen molar-refractivity contribution in [2.45, 2.75) is 27.2 Å². The fourth-order valence-corrected chi connectivity index (χ4v) is 2.45. The molecule has 0 saturated carbocycles. The molecule has 2 amide bonds. The summed E-state index contributed by atoms with van der Waals surface area (Å²) in [5.41, 5.74) is 5.71. The first kappa shape index (κ1) is 16.8. The number of rotatable bonds is 5. The number of nitrogens with two attached hydrogens (primary N) is 1. The van der Waals surface area contributed by atoms with Gasteiger partial charge >= 0.3 is 6.09 Å². The van der Waals surface area contributed by atoms with Gasteiger partial charge in [-0.15, -0.1) is 0 Å². The van der Waals surface area contributed by atoms with Crippen molar-refractivity contribution >= 4 is 12.0 Å². The predicted octanol–water partition coefficient (Wildman–Crippen LogP) is 0.908. The molecular weight excluding hydrogens is 258 g/mol. The van der Waals surface area contributed by atoms with Crippen molar-refractivity contribution in [2.75, 3.05) is 39.3 Å². The number of hydrogen-bond donors (Lipinski definition) is 1. The molecule has 1 heterocycles. The van der Waals surface area contributed by atoms with Crippen molar-refractivity contribution in [1.82, 2.24) is 9.80 Å². The Morgan fingerprint density at radius 2 is 1.70 bits per heavy atom. The Labute approximate surface area is 121 Å². The van der Waals surface area contributed by atoms with Gasteiger partial charge in [0.2, 0.25) is 5.91 Å². The second kappa shape index (κ2) is 8.09. The van der Waals surface area contributed by atoms with Crippen LogP contribution in [0.5, 0.6) is 0 Å². The van der Waals surface area contributed by atoms with Crippen LogP contribution in [0.4, 0.5) is 4.79 Å². The minimum Gasteiger partial charge on any atom is -0.450 e. The number of carbonyl (C=O) groups is 2. The van der Waals surface area contributed by atoms with Crippen LogP contribution in [0.2, 0.25) is 0 Å². The molecule has 1 atom stereocenters. The Morgan fingerprint density at radius 3 is 2.15 bits per heavy atom. The number of amides is 2. The molecule has 0 spiro atoms. The number of ether oxygens (including phenoxy) is 1. The number of nitrogens with zero attached hydrogens (tertiary/aromatic N) is 2. The molecule has 116 valence electrons. The van der Waals surface area contributed by atoms with E-state index in [2.05, 4.69) is 13.8 Å². The van der Waals surface area contributed by atoms with Gasteiger partial charge in [0, 0.05) is 32.7 Å². The zero-order valence-corrected chi connectivity index (χ0v) is 12.8. The molecule has 6 heteroatoms. The first-order valence-electron chi connectivity index (χ1n) is 7.40. The summed E-state index contributed by atoms with van der Waals surface area (Å²) in [4.78, 5) is 27.4. The van der Waals surface area contributed by atoms with Gasteiger partial charge in [0.25, 0.3) is 0 Å². The summed E-state index contributed by atoms with van der Waals surface area (Å²) in [6.45, 7) is 8.92. The molecule has 0 bridgehead atoms. The third-order valence-electron chi connectivity index (χ3n) is 3.51. The first-order chi connectivity index (χ1) is 9.49. The van der Waals surface area contributed by atoms with E-state index in [0.29, 0.717) is 45.2 Å². The molecule has 6 nitrogen and oxygen atoms in total. The molecule has 0 aromatic heterocycles. The molecule has 1 saturated heterocycles. The lowest BCUT2D eigenvalue weighted by molar-refractivity contribution is -0.137. The summed E-state index contributed by atoms with van der Waals surface area (Å²) in [6, 6.07) is 0. The van der Waals surface area contributed by atoms with Crippen LogP contribution in [-0.2, 0) is 9.53 Å². The van der Waals surface area contributed by atoms with Crippen molar-refractivity contribution in [3.05, 3.63) is 0 Å². The summed E-state index contributed by atoms with van der Waals surface area (Å²) < 4.78 is 4.96. The van der Waals surface area contributed by atoms with Crippen molar-refractivity contribution in [1.29, 1.82) is 0 Å². The maximum atomic E-state index is 12.4. The fraction of sp³-hybridized carbons (Fsp3) is 0.857. The number of hydrogen-bond acceptors (Lipinski definition) is 4. The Balaban J connectivity index is 2.47. The van der Waals surface area contributed by atoms with Gasteiger partial charge in [-0.1, -0.05) is 13.8 Å². The minimum absolute atomic E-state index is 0.107. The summed E-state index contributed by atoms with van der Waals surface area (Å²) in [6.07, 6.45) is 0.519. The summed E-state index contributed by atoms with van der Waals surface area (Å²) in [5.74, 6) is 0.460. The molecule has 1 rings (SSSR count). The maximum absolute atomic E-state index is 12.4. The van der Waals surface area contributed by atoms with Crippen molar-refractivity contribution in [2.24, 2.45) is 17.6 Å². The van der Waals surface area contributed by atoms with E-state index >= 15 is 0 Å². The molecule has 0 aromatic carbocycles. The molecule has 1 unspecified atom stereocenters.